The van der Waals surface area contributed by atoms with Crippen molar-refractivity contribution < 1.29 is 14.3 Å². The Labute approximate surface area is 137 Å². The highest BCUT2D eigenvalue weighted by Crippen LogP contribution is 2.15. The van der Waals surface area contributed by atoms with Crippen molar-refractivity contribution in [1.29, 1.82) is 0 Å². The molecule has 0 unspecified atom stereocenters. The Hall–Kier alpha value is -2.33. The Kier molecular flexibility index (Phi) is 6.18. The van der Waals surface area contributed by atoms with Gasteiger partial charge in [0.15, 0.2) is 0 Å². The highest BCUT2D eigenvalue weighted by Gasteiger charge is 2.16. The van der Waals surface area contributed by atoms with E-state index in [0.717, 1.165) is 16.9 Å². The summed E-state index contributed by atoms with van der Waals surface area (Å²) in [4.78, 5) is 11.7. The average Bonchev–Trinajstić information content (AvgIpc) is 2.54. The number of benzene rings is 2. The molecule has 0 amide bonds. The van der Waals surface area contributed by atoms with E-state index < -0.39 is 6.04 Å². The standard InChI is InChI=1S/C19H23NO3/c1-14(2)23-19(21)18(20)12-15-8-10-17(11-9-15)22-13-16-6-4-3-5-7-16/h3-11,14,18H,12-13,20H2,1-2H3/t18-/m0/s1. The highest BCUT2D eigenvalue weighted by atomic mass is 16.5. The molecule has 2 N–H and O–H groups in total. The van der Waals surface area contributed by atoms with E-state index >= 15 is 0 Å². The number of nitrogens with two attached hydrogens (primary N) is 1. The molecule has 0 aliphatic heterocycles. The second-order valence-corrected chi connectivity index (χ2v) is 5.71. The van der Waals surface area contributed by atoms with Gasteiger partial charge in [-0.2, -0.15) is 0 Å². The molecule has 0 aromatic heterocycles. The fourth-order valence-corrected chi connectivity index (χ4v) is 2.12. The van der Waals surface area contributed by atoms with Gasteiger partial charge >= 0.3 is 5.97 Å². The Morgan fingerprint density at radius 3 is 2.26 bits per heavy atom. The van der Waals surface area contributed by atoms with E-state index in [4.69, 9.17) is 15.2 Å². The fourth-order valence-electron chi connectivity index (χ4n) is 2.12. The third-order valence-electron chi connectivity index (χ3n) is 3.28. The molecule has 0 radical (unpaired) electrons. The van der Waals surface area contributed by atoms with E-state index in [1.165, 1.54) is 0 Å². The molecule has 0 aliphatic rings. The van der Waals surface area contributed by atoms with E-state index in [1.807, 2.05) is 68.4 Å². The lowest BCUT2D eigenvalue weighted by molar-refractivity contribution is -0.148. The lowest BCUT2D eigenvalue weighted by atomic mass is 10.1. The van der Waals surface area contributed by atoms with Gasteiger partial charge in [0.1, 0.15) is 18.4 Å². The summed E-state index contributed by atoms with van der Waals surface area (Å²) in [5, 5.41) is 0. The van der Waals surface area contributed by atoms with Crippen LogP contribution in [0.2, 0.25) is 0 Å². The molecule has 2 aromatic rings. The van der Waals surface area contributed by atoms with Crippen LogP contribution in [0.25, 0.3) is 0 Å². The summed E-state index contributed by atoms with van der Waals surface area (Å²) in [7, 11) is 0. The van der Waals surface area contributed by atoms with Crippen molar-refractivity contribution >= 4 is 5.97 Å². The molecular formula is C19H23NO3. The molecule has 23 heavy (non-hydrogen) atoms. The van der Waals surface area contributed by atoms with Gasteiger partial charge in [0.25, 0.3) is 0 Å². The lowest BCUT2D eigenvalue weighted by Gasteiger charge is -2.14. The first-order chi connectivity index (χ1) is 11.0. The molecule has 2 rings (SSSR count). The Morgan fingerprint density at radius 2 is 1.65 bits per heavy atom. The lowest BCUT2D eigenvalue weighted by Crippen LogP contribution is -2.35. The van der Waals surface area contributed by atoms with Crippen molar-refractivity contribution in [2.45, 2.75) is 39.0 Å². The average molecular weight is 313 g/mol. The fraction of sp³-hybridized carbons (Fsp3) is 0.316. The molecule has 1 atom stereocenters. The van der Waals surface area contributed by atoms with Crippen LogP contribution in [0, 0.1) is 0 Å². The van der Waals surface area contributed by atoms with Crippen molar-refractivity contribution in [1.82, 2.24) is 0 Å². The number of ether oxygens (including phenoxy) is 2. The van der Waals surface area contributed by atoms with Crippen LogP contribution in [0.4, 0.5) is 0 Å². The van der Waals surface area contributed by atoms with Gasteiger partial charge in [-0.05, 0) is 43.5 Å². The second-order valence-electron chi connectivity index (χ2n) is 5.71. The minimum absolute atomic E-state index is 0.151. The van der Waals surface area contributed by atoms with Gasteiger partial charge in [-0.25, -0.2) is 0 Å². The molecular weight excluding hydrogens is 290 g/mol. The topological polar surface area (TPSA) is 61.5 Å². The zero-order valence-corrected chi connectivity index (χ0v) is 13.6. The van der Waals surface area contributed by atoms with Gasteiger partial charge < -0.3 is 15.2 Å². The van der Waals surface area contributed by atoms with Crippen LogP contribution in [-0.2, 0) is 22.6 Å². The predicted molar refractivity (Wildman–Crippen MR) is 90.1 cm³/mol. The van der Waals surface area contributed by atoms with E-state index in [-0.39, 0.29) is 12.1 Å². The summed E-state index contributed by atoms with van der Waals surface area (Å²) in [5.74, 6) is 0.417. The van der Waals surface area contributed by atoms with Crippen LogP contribution in [0.15, 0.2) is 54.6 Å². The smallest absolute Gasteiger partial charge is 0.323 e. The number of rotatable bonds is 7. The summed E-state index contributed by atoms with van der Waals surface area (Å²) in [5.41, 5.74) is 7.96. The van der Waals surface area contributed by atoms with Crippen molar-refractivity contribution in [3.05, 3.63) is 65.7 Å². The SMILES string of the molecule is CC(C)OC(=O)[C@@H](N)Cc1ccc(OCc2ccccc2)cc1. The van der Waals surface area contributed by atoms with E-state index in [9.17, 15) is 4.79 Å². The van der Waals surface area contributed by atoms with Gasteiger partial charge in [0, 0.05) is 0 Å². The third kappa shape index (κ3) is 5.75. The van der Waals surface area contributed by atoms with Crippen LogP contribution in [0.3, 0.4) is 0 Å². The van der Waals surface area contributed by atoms with Crippen molar-refractivity contribution in [3.63, 3.8) is 0 Å². The van der Waals surface area contributed by atoms with Crippen molar-refractivity contribution in [2.24, 2.45) is 5.73 Å². The molecule has 4 nitrogen and oxygen atoms in total. The summed E-state index contributed by atoms with van der Waals surface area (Å²) in [6, 6.07) is 17.0. The minimum atomic E-state index is -0.645. The molecule has 0 bridgehead atoms. The minimum Gasteiger partial charge on any atom is -0.489 e. The van der Waals surface area contributed by atoms with Crippen LogP contribution < -0.4 is 10.5 Å². The normalized spacial score (nSPS) is 12.0. The zero-order valence-electron chi connectivity index (χ0n) is 13.6. The number of hydrogen-bond donors (Lipinski definition) is 1. The van der Waals surface area contributed by atoms with Gasteiger partial charge in [0.2, 0.25) is 0 Å². The first kappa shape index (κ1) is 17.0. The van der Waals surface area contributed by atoms with Crippen molar-refractivity contribution in [2.75, 3.05) is 0 Å². The Bertz CT molecular complexity index is 608. The van der Waals surface area contributed by atoms with E-state index in [2.05, 4.69) is 0 Å². The summed E-state index contributed by atoms with van der Waals surface area (Å²) >= 11 is 0. The van der Waals surface area contributed by atoms with Gasteiger partial charge in [-0.1, -0.05) is 42.5 Å². The van der Waals surface area contributed by atoms with Gasteiger partial charge in [-0.3, -0.25) is 4.79 Å². The molecule has 0 heterocycles. The summed E-state index contributed by atoms with van der Waals surface area (Å²) < 4.78 is 10.8. The quantitative estimate of drug-likeness (QED) is 0.798. The molecule has 0 saturated heterocycles. The molecule has 2 aromatic carbocycles. The third-order valence-corrected chi connectivity index (χ3v) is 3.28. The Morgan fingerprint density at radius 1 is 1.00 bits per heavy atom. The highest BCUT2D eigenvalue weighted by molar-refractivity contribution is 5.76. The van der Waals surface area contributed by atoms with Crippen molar-refractivity contribution in [3.8, 4) is 5.75 Å². The second kappa shape index (κ2) is 8.34. The molecule has 4 heteroatoms. The summed E-state index contributed by atoms with van der Waals surface area (Å²) in [6.07, 6.45) is 0.298. The number of esters is 1. The number of carbonyl (C=O) groups excluding carboxylic acids is 1. The first-order valence-corrected chi connectivity index (χ1v) is 7.76. The van der Waals surface area contributed by atoms with E-state index in [0.29, 0.717) is 13.0 Å². The monoisotopic (exact) mass is 313 g/mol. The molecule has 0 aliphatic carbocycles. The van der Waals surface area contributed by atoms with E-state index in [1.54, 1.807) is 0 Å². The van der Waals surface area contributed by atoms with Crippen LogP contribution >= 0.6 is 0 Å². The van der Waals surface area contributed by atoms with Crippen LogP contribution in [0.1, 0.15) is 25.0 Å². The molecule has 122 valence electrons. The maximum Gasteiger partial charge on any atom is 0.323 e. The molecule has 0 spiro atoms. The summed E-state index contributed by atoms with van der Waals surface area (Å²) in [6.45, 7) is 4.15. The first-order valence-electron chi connectivity index (χ1n) is 7.76. The van der Waals surface area contributed by atoms with Gasteiger partial charge in [0.05, 0.1) is 6.10 Å². The molecule has 0 fully saturated rings. The number of hydrogen-bond acceptors (Lipinski definition) is 4. The maximum absolute atomic E-state index is 11.7. The van der Waals surface area contributed by atoms with Crippen LogP contribution in [-0.4, -0.2) is 18.1 Å². The molecule has 0 saturated carbocycles. The maximum atomic E-state index is 11.7. The largest absolute Gasteiger partial charge is 0.489 e. The van der Waals surface area contributed by atoms with Crippen LogP contribution in [0.5, 0.6) is 5.75 Å². The van der Waals surface area contributed by atoms with Gasteiger partial charge in [-0.15, -0.1) is 0 Å². The Balaban J connectivity index is 1.85. The predicted octanol–water partition coefficient (Wildman–Crippen LogP) is 3.09. The number of carbonyl (C=O) groups is 1. The zero-order chi connectivity index (χ0) is 16.7.